The Morgan fingerprint density at radius 1 is 1.36 bits per heavy atom. The highest BCUT2D eigenvalue weighted by molar-refractivity contribution is 5.91. The van der Waals surface area contributed by atoms with Crippen LogP contribution in [0.2, 0.25) is 0 Å². The molecule has 2 heterocycles. The molecule has 7 heteroatoms. The number of anilines is 2. The van der Waals surface area contributed by atoms with Gasteiger partial charge in [0.15, 0.2) is 0 Å². The zero-order valence-corrected chi connectivity index (χ0v) is 14.3. The number of aromatic nitrogens is 1. The maximum atomic E-state index is 11.5. The van der Waals surface area contributed by atoms with Crippen LogP contribution in [0, 0.1) is 0 Å². The number of nitrogens with one attached hydrogen (secondary N) is 2. The van der Waals surface area contributed by atoms with Crippen molar-refractivity contribution >= 4 is 29.8 Å². The number of carbonyl (C=O) groups is 1. The number of nitrogens with zero attached hydrogens (tertiary/aromatic N) is 3. The summed E-state index contributed by atoms with van der Waals surface area (Å²) in [6, 6.07) is 4.56. The van der Waals surface area contributed by atoms with E-state index in [1.165, 1.54) is 12.8 Å². The first-order chi connectivity index (χ1) is 10.1. The third-order valence-electron chi connectivity index (χ3n) is 3.91. The summed E-state index contributed by atoms with van der Waals surface area (Å²) in [5.41, 5.74) is 1.12. The minimum absolute atomic E-state index is 0. The van der Waals surface area contributed by atoms with Gasteiger partial charge >= 0.3 is 0 Å². The van der Waals surface area contributed by atoms with E-state index in [9.17, 15) is 4.79 Å². The number of piperidine rings is 1. The maximum Gasteiger partial charge on any atom is 0.239 e. The molecule has 0 aliphatic carbocycles. The molecule has 0 radical (unpaired) electrons. The monoisotopic (exact) mass is 327 g/mol. The Labute approximate surface area is 138 Å². The van der Waals surface area contributed by atoms with Gasteiger partial charge in [0.2, 0.25) is 5.91 Å². The van der Waals surface area contributed by atoms with E-state index in [0.717, 1.165) is 18.8 Å². The quantitative estimate of drug-likeness (QED) is 0.851. The lowest BCUT2D eigenvalue weighted by atomic mass is 10.0. The fraction of sp³-hybridized carbons (Fsp3) is 0.600. The van der Waals surface area contributed by atoms with Crippen LogP contribution < -0.4 is 15.5 Å². The fourth-order valence-electron chi connectivity index (χ4n) is 2.64. The van der Waals surface area contributed by atoms with E-state index >= 15 is 0 Å². The summed E-state index contributed by atoms with van der Waals surface area (Å²) in [6.45, 7) is 2.40. The van der Waals surface area contributed by atoms with E-state index in [4.69, 9.17) is 0 Å². The molecule has 124 valence electrons. The zero-order chi connectivity index (χ0) is 15.2. The Morgan fingerprint density at radius 3 is 2.55 bits per heavy atom. The number of amides is 1. The van der Waals surface area contributed by atoms with Crippen molar-refractivity contribution in [1.82, 2.24) is 15.2 Å². The molecule has 1 aliphatic heterocycles. The van der Waals surface area contributed by atoms with E-state index in [2.05, 4.69) is 39.5 Å². The van der Waals surface area contributed by atoms with Crippen LogP contribution >= 0.6 is 12.4 Å². The Balaban J connectivity index is 0.00000242. The molecule has 1 fully saturated rings. The molecule has 0 spiro atoms. The normalized spacial score (nSPS) is 15.5. The highest BCUT2D eigenvalue weighted by Gasteiger charge is 2.20. The first-order valence-corrected chi connectivity index (χ1v) is 7.42. The van der Waals surface area contributed by atoms with Crippen molar-refractivity contribution in [3.8, 4) is 0 Å². The predicted octanol–water partition coefficient (Wildman–Crippen LogP) is 1.19. The third-order valence-corrected chi connectivity index (χ3v) is 3.91. The van der Waals surface area contributed by atoms with Crippen molar-refractivity contribution in [2.45, 2.75) is 18.9 Å². The molecule has 22 heavy (non-hydrogen) atoms. The average Bonchev–Trinajstić information content (AvgIpc) is 2.48. The van der Waals surface area contributed by atoms with Gasteiger partial charge in [-0.05, 0) is 46.1 Å². The van der Waals surface area contributed by atoms with Crippen LogP contribution in [0.3, 0.4) is 0 Å². The summed E-state index contributed by atoms with van der Waals surface area (Å²) < 4.78 is 0. The number of hydrogen-bond donors (Lipinski definition) is 2. The average molecular weight is 328 g/mol. The third kappa shape index (κ3) is 5.12. The van der Waals surface area contributed by atoms with Gasteiger partial charge < -0.3 is 20.4 Å². The lowest BCUT2D eigenvalue weighted by Gasteiger charge is -2.36. The van der Waals surface area contributed by atoms with E-state index < -0.39 is 0 Å². The predicted molar refractivity (Wildman–Crippen MR) is 93.0 cm³/mol. The molecule has 1 aliphatic rings. The molecule has 1 saturated heterocycles. The minimum atomic E-state index is -0.0791. The molecular formula is C15H26ClN5O. The fourth-order valence-corrected chi connectivity index (χ4v) is 2.64. The van der Waals surface area contributed by atoms with Crippen LogP contribution in [0.15, 0.2) is 18.3 Å². The Kier molecular flexibility index (Phi) is 7.58. The van der Waals surface area contributed by atoms with Gasteiger partial charge in [0, 0.05) is 19.1 Å². The zero-order valence-electron chi connectivity index (χ0n) is 13.5. The van der Waals surface area contributed by atoms with Gasteiger partial charge in [-0.1, -0.05) is 0 Å². The van der Waals surface area contributed by atoms with Crippen molar-refractivity contribution < 1.29 is 4.79 Å². The van der Waals surface area contributed by atoms with E-state index in [1.54, 1.807) is 7.05 Å². The van der Waals surface area contributed by atoms with Crippen molar-refractivity contribution in [2.75, 3.05) is 51.0 Å². The van der Waals surface area contributed by atoms with Gasteiger partial charge in [-0.15, -0.1) is 12.4 Å². The van der Waals surface area contributed by atoms with Crippen LogP contribution in [0.4, 0.5) is 11.5 Å². The van der Waals surface area contributed by atoms with Gasteiger partial charge in [-0.3, -0.25) is 4.79 Å². The van der Waals surface area contributed by atoms with Crippen LogP contribution in [0.1, 0.15) is 12.8 Å². The highest BCUT2D eigenvalue weighted by atomic mass is 35.5. The number of likely N-dealkylation sites (N-methyl/N-ethyl adjacent to an activating group) is 1. The molecular weight excluding hydrogens is 302 g/mol. The summed E-state index contributed by atoms with van der Waals surface area (Å²) in [6.07, 6.45) is 4.19. The van der Waals surface area contributed by atoms with Crippen molar-refractivity contribution in [3.05, 3.63) is 18.3 Å². The van der Waals surface area contributed by atoms with Crippen LogP contribution in [0.5, 0.6) is 0 Å². The molecule has 1 amide bonds. The lowest BCUT2D eigenvalue weighted by molar-refractivity contribution is -0.115. The second-order valence-electron chi connectivity index (χ2n) is 5.66. The number of hydrogen-bond acceptors (Lipinski definition) is 5. The van der Waals surface area contributed by atoms with Crippen LogP contribution in [-0.2, 0) is 4.79 Å². The van der Waals surface area contributed by atoms with Gasteiger partial charge in [0.25, 0.3) is 0 Å². The second kappa shape index (κ2) is 8.92. The Hall–Kier alpha value is -1.37. The summed E-state index contributed by atoms with van der Waals surface area (Å²) >= 11 is 0. The molecule has 0 unspecified atom stereocenters. The van der Waals surface area contributed by atoms with Crippen LogP contribution in [0.25, 0.3) is 0 Å². The summed E-state index contributed by atoms with van der Waals surface area (Å²) in [4.78, 5) is 20.4. The van der Waals surface area contributed by atoms with E-state index in [0.29, 0.717) is 18.4 Å². The lowest BCUT2D eigenvalue weighted by Crippen LogP contribution is -2.42. The van der Waals surface area contributed by atoms with Crippen LogP contribution in [-0.4, -0.2) is 62.6 Å². The van der Waals surface area contributed by atoms with Gasteiger partial charge in [0.1, 0.15) is 5.82 Å². The van der Waals surface area contributed by atoms with Gasteiger partial charge in [-0.2, -0.15) is 0 Å². The van der Waals surface area contributed by atoms with E-state index in [1.807, 2.05) is 18.3 Å². The number of rotatable bonds is 5. The summed E-state index contributed by atoms with van der Waals surface area (Å²) in [5.74, 6) is 0.520. The smallest absolute Gasteiger partial charge is 0.239 e. The molecule has 0 saturated carbocycles. The first kappa shape index (κ1) is 18.7. The van der Waals surface area contributed by atoms with E-state index in [-0.39, 0.29) is 18.3 Å². The SMILES string of the molecule is CNCC(=O)Nc1ccc(N2CCC(N(C)C)CC2)cn1.Cl. The maximum absolute atomic E-state index is 11.5. The largest absolute Gasteiger partial charge is 0.370 e. The van der Waals surface area contributed by atoms with Crippen molar-refractivity contribution in [1.29, 1.82) is 0 Å². The minimum Gasteiger partial charge on any atom is -0.370 e. The van der Waals surface area contributed by atoms with Gasteiger partial charge in [0.05, 0.1) is 18.4 Å². The summed E-state index contributed by atoms with van der Waals surface area (Å²) in [5, 5.41) is 5.57. The highest BCUT2D eigenvalue weighted by Crippen LogP contribution is 2.21. The molecule has 1 aromatic heterocycles. The molecule has 0 aromatic carbocycles. The topological polar surface area (TPSA) is 60.5 Å². The van der Waals surface area contributed by atoms with Gasteiger partial charge in [-0.25, -0.2) is 4.98 Å². The number of carbonyl (C=O) groups excluding carboxylic acids is 1. The van der Waals surface area contributed by atoms with Crippen molar-refractivity contribution in [3.63, 3.8) is 0 Å². The molecule has 0 atom stereocenters. The molecule has 0 bridgehead atoms. The molecule has 1 aromatic rings. The summed E-state index contributed by atoms with van der Waals surface area (Å²) in [7, 11) is 6.03. The molecule has 2 N–H and O–H groups in total. The Bertz CT molecular complexity index is 458. The van der Waals surface area contributed by atoms with Crippen molar-refractivity contribution in [2.24, 2.45) is 0 Å². The first-order valence-electron chi connectivity index (χ1n) is 7.42. The number of halogens is 1. The number of pyridine rings is 1. The second-order valence-corrected chi connectivity index (χ2v) is 5.66. The molecule has 6 nitrogen and oxygen atoms in total. The molecule has 2 rings (SSSR count). The standard InChI is InChI=1S/C15H25N5O.ClH/c1-16-11-15(21)18-14-5-4-13(10-17-14)20-8-6-12(7-9-20)19(2)3;/h4-5,10,12,16H,6-9,11H2,1-3H3,(H,17,18,21);1H. The Morgan fingerprint density at radius 2 is 2.05 bits per heavy atom.